The van der Waals surface area contributed by atoms with Crippen LogP contribution in [0.1, 0.15) is 0 Å². The second kappa shape index (κ2) is 7.13. The van der Waals surface area contributed by atoms with Crippen molar-refractivity contribution in [2.45, 2.75) is 0 Å². The van der Waals surface area contributed by atoms with Gasteiger partial charge in [-0.2, -0.15) is 0 Å². The topological polar surface area (TPSA) is 75.7 Å². The van der Waals surface area contributed by atoms with Gasteiger partial charge in [-0.3, -0.25) is 0 Å². The predicted octanol–water partition coefficient (Wildman–Crippen LogP) is -0.610. The van der Waals surface area contributed by atoms with Crippen LogP contribution in [-0.2, 0) is 0 Å². The van der Waals surface area contributed by atoms with Crippen molar-refractivity contribution in [3.8, 4) is 5.75 Å². The van der Waals surface area contributed by atoms with Gasteiger partial charge in [-0.1, -0.05) is 6.07 Å². The van der Waals surface area contributed by atoms with Crippen molar-refractivity contribution in [1.29, 1.82) is 0 Å². The first kappa shape index (κ1) is 15.2. The number of nitrogens with two attached hydrogens (primary N) is 1. The molecule has 1 aromatic rings. The second-order valence-electron chi connectivity index (χ2n) is 2.02. The third kappa shape index (κ3) is 5.86. The van der Waals surface area contributed by atoms with E-state index in [9.17, 15) is 0 Å². The molecule has 4 nitrogen and oxygen atoms in total. The Morgan fingerprint density at radius 2 is 1.92 bits per heavy atom. The summed E-state index contributed by atoms with van der Waals surface area (Å²) in [5.41, 5.74) is 5.91. The molecule has 0 fully saturated rings. The van der Waals surface area contributed by atoms with Crippen LogP contribution in [0.25, 0.3) is 0 Å². The van der Waals surface area contributed by atoms with Crippen LogP contribution in [0.5, 0.6) is 5.75 Å². The third-order valence-corrected chi connectivity index (χ3v) is 1.10. The molecule has 13 heavy (non-hydrogen) atoms. The number of benzene rings is 1. The molecule has 1 aromatic carbocycles. The van der Waals surface area contributed by atoms with Crippen LogP contribution in [0.3, 0.4) is 0 Å². The number of nitrogen functional groups attached to an aromatic ring is 1. The molecular weight excluding hydrogens is 187 g/mol. The molecule has 0 heterocycles. The molecule has 1 rings (SSSR count). The quantitative estimate of drug-likeness (QED) is 0.437. The van der Waals surface area contributed by atoms with E-state index >= 15 is 0 Å². The van der Waals surface area contributed by atoms with E-state index in [1.165, 1.54) is 6.07 Å². The van der Waals surface area contributed by atoms with Crippen LogP contribution in [0.15, 0.2) is 24.3 Å². The number of anilines is 1. The summed E-state index contributed by atoms with van der Waals surface area (Å²) >= 11 is 0. The first-order valence-electron chi connectivity index (χ1n) is 3.07. The van der Waals surface area contributed by atoms with Gasteiger partial charge in [0.2, 0.25) is 0 Å². The molecule has 0 saturated heterocycles. The second-order valence-corrected chi connectivity index (χ2v) is 2.02. The monoisotopic (exact) mass is 197 g/mol. The van der Waals surface area contributed by atoms with E-state index < -0.39 is 7.32 Å². The summed E-state index contributed by atoms with van der Waals surface area (Å²) in [6.07, 6.45) is 0. The van der Waals surface area contributed by atoms with Gasteiger partial charge in [0.05, 0.1) is 0 Å². The number of hydrogen-bond donors (Lipinski definition) is 3. The molecule has 4 N–H and O–H groups in total. The van der Waals surface area contributed by atoms with Crippen molar-refractivity contribution >= 4 is 44.3 Å². The number of halogens is 1. The SMILES string of the molecule is Cl.Nc1cccc(OB(O)O)c1.[LiH]. The Bertz CT molecular complexity index is 251. The van der Waals surface area contributed by atoms with E-state index in [-0.39, 0.29) is 31.3 Å². The standard InChI is InChI=1S/C6H8BNO3.ClH.Li.H/c8-5-2-1-3-6(4-5)11-7(9)10;;;/h1-4,9-10H,8H2;1H;;. The number of rotatable bonds is 2. The normalized spacial score (nSPS) is 7.85. The maximum absolute atomic E-state index is 8.39. The third-order valence-electron chi connectivity index (χ3n) is 1.10. The molecule has 0 aromatic heterocycles. The van der Waals surface area contributed by atoms with Crippen LogP contribution in [0.4, 0.5) is 5.69 Å². The maximum atomic E-state index is 8.39. The molecule has 0 unspecified atom stereocenters. The van der Waals surface area contributed by atoms with Crippen LogP contribution in [-0.4, -0.2) is 36.2 Å². The average Bonchev–Trinajstić information content (AvgIpc) is 1.85. The first-order chi connectivity index (χ1) is 5.18. The summed E-state index contributed by atoms with van der Waals surface area (Å²) in [6, 6.07) is 6.42. The molecule has 0 amide bonds. The van der Waals surface area contributed by atoms with Gasteiger partial charge >= 0.3 is 26.2 Å². The molecule has 68 valence electrons. The Morgan fingerprint density at radius 1 is 1.31 bits per heavy atom. The number of hydrogen-bond acceptors (Lipinski definition) is 4. The predicted molar refractivity (Wildman–Crippen MR) is 56.1 cm³/mol. The van der Waals surface area contributed by atoms with Gasteiger partial charge in [0.25, 0.3) is 0 Å². The zero-order chi connectivity index (χ0) is 8.27. The fourth-order valence-electron chi connectivity index (χ4n) is 0.710. The van der Waals surface area contributed by atoms with Gasteiger partial charge in [-0.25, -0.2) is 0 Å². The molecule has 0 aliphatic rings. The summed E-state index contributed by atoms with van der Waals surface area (Å²) in [5.74, 6) is 0.333. The van der Waals surface area contributed by atoms with Gasteiger partial charge in [-0.15, -0.1) is 12.4 Å². The van der Waals surface area contributed by atoms with Gasteiger partial charge in [0, 0.05) is 11.8 Å². The minimum atomic E-state index is -1.79. The van der Waals surface area contributed by atoms with Crippen molar-refractivity contribution in [3.63, 3.8) is 0 Å². The van der Waals surface area contributed by atoms with Crippen LogP contribution in [0, 0.1) is 0 Å². The molecular formula is C6H10BClLiNO3. The average molecular weight is 197 g/mol. The first-order valence-corrected chi connectivity index (χ1v) is 3.07. The van der Waals surface area contributed by atoms with Gasteiger partial charge < -0.3 is 20.4 Å². The Morgan fingerprint density at radius 3 is 2.38 bits per heavy atom. The summed E-state index contributed by atoms with van der Waals surface area (Å²) in [5, 5.41) is 16.8. The van der Waals surface area contributed by atoms with Crippen LogP contribution in [0.2, 0.25) is 0 Å². The summed E-state index contributed by atoms with van der Waals surface area (Å²) in [7, 11) is -1.79. The molecule has 0 bridgehead atoms. The summed E-state index contributed by atoms with van der Waals surface area (Å²) < 4.78 is 4.53. The van der Waals surface area contributed by atoms with E-state index in [0.29, 0.717) is 11.4 Å². The van der Waals surface area contributed by atoms with E-state index in [4.69, 9.17) is 15.8 Å². The summed E-state index contributed by atoms with van der Waals surface area (Å²) in [4.78, 5) is 0. The van der Waals surface area contributed by atoms with Crippen molar-refractivity contribution in [2.24, 2.45) is 0 Å². The summed E-state index contributed by atoms with van der Waals surface area (Å²) in [6.45, 7) is 0. The van der Waals surface area contributed by atoms with E-state index in [2.05, 4.69) is 4.65 Å². The van der Waals surface area contributed by atoms with Gasteiger partial charge in [0.1, 0.15) is 5.75 Å². The molecule has 0 radical (unpaired) electrons. The molecule has 0 aliphatic carbocycles. The molecule has 0 spiro atoms. The molecule has 0 saturated carbocycles. The Hall–Kier alpha value is -0.308. The van der Waals surface area contributed by atoms with Gasteiger partial charge in [0.15, 0.2) is 0 Å². The van der Waals surface area contributed by atoms with Crippen LogP contribution < -0.4 is 10.4 Å². The van der Waals surface area contributed by atoms with Gasteiger partial charge in [-0.05, 0) is 12.1 Å². The van der Waals surface area contributed by atoms with Crippen molar-refractivity contribution < 1.29 is 14.7 Å². The molecule has 0 atom stereocenters. The molecule has 7 heteroatoms. The zero-order valence-corrected chi connectivity index (χ0v) is 6.99. The fraction of sp³-hybridized carbons (Fsp3) is 0. The van der Waals surface area contributed by atoms with E-state index in [1.807, 2.05) is 0 Å². The molecule has 0 aliphatic heterocycles. The van der Waals surface area contributed by atoms with E-state index in [1.54, 1.807) is 18.2 Å². The van der Waals surface area contributed by atoms with E-state index in [0.717, 1.165) is 0 Å². The fourth-order valence-corrected chi connectivity index (χ4v) is 0.710. The van der Waals surface area contributed by atoms with Crippen molar-refractivity contribution in [3.05, 3.63) is 24.3 Å². The van der Waals surface area contributed by atoms with Crippen molar-refractivity contribution in [1.82, 2.24) is 0 Å². The van der Waals surface area contributed by atoms with Crippen LogP contribution >= 0.6 is 12.4 Å². The zero-order valence-electron chi connectivity index (χ0n) is 6.18. The Balaban J connectivity index is 0. The minimum absolute atomic E-state index is 0. The Labute approximate surface area is 94.9 Å². The van der Waals surface area contributed by atoms with Crippen molar-refractivity contribution in [2.75, 3.05) is 5.73 Å². The Kier molecular flexibility index (Phi) is 8.32.